The molecule has 2 aliphatic rings. The zero-order chi connectivity index (χ0) is 31.5. The number of rotatable bonds is 11. The van der Waals surface area contributed by atoms with Gasteiger partial charge in [-0.25, -0.2) is 22.9 Å². The molecule has 0 aliphatic carbocycles. The average molecular weight is 642 g/mol. The minimum Gasteiger partial charge on any atom is -0.490 e. The molecular weight excluding hydrogens is 611 g/mol. The second-order valence-electron chi connectivity index (χ2n) is 11.2. The van der Waals surface area contributed by atoms with Crippen molar-refractivity contribution in [1.29, 1.82) is 0 Å². The smallest absolute Gasteiger partial charge is 0.328 e. The van der Waals surface area contributed by atoms with Gasteiger partial charge in [-0.3, -0.25) is 4.90 Å². The van der Waals surface area contributed by atoms with Crippen molar-refractivity contribution in [2.45, 2.75) is 51.2 Å². The van der Waals surface area contributed by atoms with Crippen molar-refractivity contribution in [2.24, 2.45) is 0 Å². The molecule has 45 heavy (non-hydrogen) atoms. The van der Waals surface area contributed by atoms with E-state index in [0.29, 0.717) is 68.3 Å². The number of hydrogen-bond donors (Lipinski definition) is 1. The van der Waals surface area contributed by atoms with Crippen LogP contribution in [0.5, 0.6) is 11.5 Å². The Hall–Kier alpha value is -4.06. The second-order valence-corrected chi connectivity index (χ2v) is 11.6. The number of benzene rings is 3. The van der Waals surface area contributed by atoms with Crippen molar-refractivity contribution in [3.05, 3.63) is 94.0 Å². The molecule has 3 aromatic carbocycles. The standard InChI is InChI=1S/C33H31ClF3N3O5/c34-22-2-5-30(27(36)16-22)44-19-21-15-24(3-4-26(21)35)45-23-7-10-39(11-8-23)18-31-38-33-28(37)13-20(1-6-32(41)42)14-29(33)40(31)17-25-9-12-43-25/h1-6,13-16,23,25H,7-12,17-19H2,(H,41,42)/b6-1+/t25-/m0/s1. The van der Waals surface area contributed by atoms with Crippen LogP contribution in [0.25, 0.3) is 17.1 Å². The number of likely N-dealkylation sites (tertiary alicyclic amines) is 1. The van der Waals surface area contributed by atoms with Gasteiger partial charge in [-0.1, -0.05) is 11.6 Å². The molecule has 1 aromatic heterocycles. The molecule has 1 N–H and O–H groups in total. The van der Waals surface area contributed by atoms with E-state index in [-0.39, 0.29) is 40.7 Å². The number of piperidine rings is 1. The van der Waals surface area contributed by atoms with Gasteiger partial charge in [-0.15, -0.1) is 0 Å². The zero-order valence-corrected chi connectivity index (χ0v) is 25.0. The van der Waals surface area contributed by atoms with Gasteiger partial charge in [0.05, 0.1) is 24.7 Å². The number of carboxylic acids is 1. The molecule has 12 heteroatoms. The average Bonchev–Trinajstić information content (AvgIpc) is 3.33. The van der Waals surface area contributed by atoms with Crippen LogP contribution in [-0.4, -0.2) is 57.4 Å². The quantitative estimate of drug-likeness (QED) is 0.184. The summed E-state index contributed by atoms with van der Waals surface area (Å²) in [6.07, 6.45) is 4.58. The summed E-state index contributed by atoms with van der Waals surface area (Å²) >= 11 is 5.79. The Balaban J connectivity index is 1.10. The van der Waals surface area contributed by atoms with Crippen molar-refractivity contribution < 1.29 is 37.3 Å². The number of ether oxygens (including phenoxy) is 3. The first kappa shape index (κ1) is 30.9. The maximum absolute atomic E-state index is 15.1. The summed E-state index contributed by atoms with van der Waals surface area (Å²) in [5.41, 5.74) is 1.52. The third kappa shape index (κ3) is 7.43. The SMILES string of the molecule is O=C(O)/C=C/c1cc(F)c2nc(CN3CCC(Oc4ccc(F)c(COc5ccc(Cl)cc5F)c4)CC3)n(C[C@@H]3CCO3)c2c1. The van der Waals surface area contributed by atoms with Gasteiger partial charge in [0.25, 0.3) is 0 Å². The van der Waals surface area contributed by atoms with E-state index in [1.54, 1.807) is 18.2 Å². The van der Waals surface area contributed by atoms with Gasteiger partial charge in [-0.05, 0) is 79.4 Å². The summed E-state index contributed by atoms with van der Waals surface area (Å²) in [6.45, 7) is 2.94. The second kappa shape index (κ2) is 13.5. The molecular formula is C33H31ClF3N3O5. The Morgan fingerprint density at radius 1 is 1.04 bits per heavy atom. The Morgan fingerprint density at radius 2 is 1.84 bits per heavy atom. The molecule has 0 amide bonds. The fourth-order valence-electron chi connectivity index (χ4n) is 5.53. The lowest BCUT2D eigenvalue weighted by molar-refractivity contribution is -0.131. The van der Waals surface area contributed by atoms with Crippen LogP contribution in [0.1, 0.15) is 36.2 Å². The maximum atomic E-state index is 15.1. The number of halogens is 4. The summed E-state index contributed by atoms with van der Waals surface area (Å²) in [7, 11) is 0. The van der Waals surface area contributed by atoms with Crippen LogP contribution in [0.3, 0.4) is 0 Å². The van der Waals surface area contributed by atoms with Crippen molar-refractivity contribution in [2.75, 3.05) is 19.7 Å². The number of carbonyl (C=O) groups is 1. The highest BCUT2D eigenvalue weighted by molar-refractivity contribution is 6.30. The van der Waals surface area contributed by atoms with E-state index >= 15 is 4.39 Å². The number of imidazole rings is 1. The van der Waals surface area contributed by atoms with Gasteiger partial charge in [0.2, 0.25) is 0 Å². The highest BCUT2D eigenvalue weighted by Crippen LogP contribution is 2.28. The van der Waals surface area contributed by atoms with E-state index in [2.05, 4.69) is 9.88 Å². The summed E-state index contributed by atoms with van der Waals surface area (Å²) in [6, 6.07) is 11.5. The van der Waals surface area contributed by atoms with Gasteiger partial charge in [-0.2, -0.15) is 0 Å². The normalized spacial score (nSPS) is 17.6. The Kier molecular flexibility index (Phi) is 9.29. The molecule has 6 rings (SSSR count). The first-order valence-electron chi connectivity index (χ1n) is 14.7. The minimum atomic E-state index is -1.11. The Bertz CT molecular complexity index is 1730. The van der Waals surface area contributed by atoms with Crippen LogP contribution >= 0.6 is 11.6 Å². The molecule has 236 valence electrons. The molecule has 1 atom stereocenters. The van der Waals surface area contributed by atoms with Crippen LogP contribution in [0.15, 0.2) is 54.6 Å². The lowest BCUT2D eigenvalue weighted by atomic mass is 10.1. The molecule has 8 nitrogen and oxygen atoms in total. The Morgan fingerprint density at radius 3 is 2.56 bits per heavy atom. The number of nitrogens with zero attached hydrogens (tertiary/aromatic N) is 3. The summed E-state index contributed by atoms with van der Waals surface area (Å²) in [5, 5.41) is 9.23. The highest BCUT2D eigenvalue weighted by atomic mass is 35.5. The van der Waals surface area contributed by atoms with Crippen molar-refractivity contribution >= 4 is 34.7 Å². The largest absolute Gasteiger partial charge is 0.490 e. The molecule has 3 heterocycles. The maximum Gasteiger partial charge on any atom is 0.328 e. The van der Waals surface area contributed by atoms with Gasteiger partial charge < -0.3 is 23.9 Å². The number of aliphatic carboxylic acids is 1. The van der Waals surface area contributed by atoms with Crippen molar-refractivity contribution in [1.82, 2.24) is 14.5 Å². The molecule has 4 aromatic rings. The molecule has 0 bridgehead atoms. The van der Waals surface area contributed by atoms with Crippen LogP contribution in [0.2, 0.25) is 5.02 Å². The minimum absolute atomic E-state index is 0.0118. The van der Waals surface area contributed by atoms with E-state index in [4.69, 9.17) is 30.9 Å². The molecule has 2 saturated heterocycles. The topological polar surface area (TPSA) is 86.0 Å². The molecule has 0 saturated carbocycles. The fraction of sp³-hybridized carbons (Fsp3) is 0.333. The van der Waals surface area contributed by atoms with Crippen LogP contribution in [-0.2, 0) is 29.2 Å². The van der Waals surface area contributed by atoms with Gasteiger partial charge >= 0.3 is 5.97 Å². The summed E-state index contributed by atoms with van der Waals surface area (Å²) < 4.78 is 62.9. The first-order valence-corrected chi connectivity index (χ1v) is 15.1. The summed E-state index contributed by atoms with van der Waals surface area (Å²) in [4.78, 5) is 17.9. The van der Waals surface area contributed by atoms with Crippen molar-refractivity contribution in [3.63, 3.8) is 0 Å². The predicted molar refractivity (Wildman–Crippen MR) is 162 cm³/mol. The predicted octanol–water partition coefficient (Wildman–Crippen LogP) is 6.62. The molecule has 0 spiro atoms. The van der Waals surface area contributed by atoms with E-state index in [9.17, 15) is 13.6 Å². The third-order valence-electron chi connectivity index (χ3n) is 8.00. The number of carboxylic acid groups (broad SMARTS) is 1. The number of aromatic nitrogens is 2. The van der Waals surface area contributed by atoms with Crippen LogP contribution in [0, 0.1) is 17.5 Å². The molecule has 2 fully saturated rings. The fourth-order valence-corrected chi connectivity index (χ4v) is 5.69. The van der Waals surface area contributed by atoms with E-state index in [0.717, 1.165) is 18.6 Å². The lowest BCUT2D eigenvalue weighted by Crippen LogP contribution is -2.39. The molecule has 0 radical (unpaired) electrons. The van der Waals surface area contributed by atoms with Gasteiger partial charge in [0.1, 0.15) is 35.6 Å². The van der Waals surface area contributed by atoms with E-state index in [1.807, 2.05) is 4.57 Å². The zero-order valence-electron chi connectivity index (χ0n) is 24.2. The van der Waals surface area contributed by atoms with E-state index < -0.39 is 23.4 Å². The highest BCUT2D eigenvalue weighted by Gasteiger charge is 2.26. The summed E-state index contributed by atoms with van der Waals surface area (Å²) in [5.74, 6) is -1.56. The van der Waals surface area contributed by atoms with Crippen LogP contribution in [0.4, 0.5) is 13.2 Å². The molecule has 0 unspecified atom stereocenters. The first-order chi connectivity index (χ1) is 21.7. The van der Waals surface area contributed by atoms with E-state index in [1.165, 1.54) is 30.3 Å². The van der Waals surface area contributed by atoms with Gasteiger partial charge in [0.15, 0.2) is 17.4 Å². The Labute approximate surface area is 262 Å². The van der Waals surface area contributed by atoms with Crippen molar-refractivity contribution in [3.8, 4) is 11.5 Å². The van der Waals surface area contributed by atoms with Gasteiger partial charge in [0, 0.05) is 36.4 Å². The third-order valence-corrected chi connectivity index (χ3v) is 8.24. The number of hydrogen-bond acceptors (Lipinski definition) is 6. The lowest BCUT2D eigenvalue weighted by Gasteiger charge is -2.32. The van der Waals surface area contributed by atoms with Crippen LogP contribution < -0.4 is 9.47 Å². The molecule has 2 aliphatic heterocycles. The monoisotopic (exact) mass is 641 g/mol. The number of fused-ring (bicyclic) bond motifs is 1.